The summed E-state index contributed by atoms with van der Waals surface area (Å²) in [7, 11) is 0. The number of nitro benzene ring substituents is 1. The Bertz CT molecular complexity index is 834. The van der Waals surface area contributed by atoms with Crippen LogP contribution < -0.4 is 5.32 Å². The van der Waals surface area contributed by atoms with Gasteiger partial charge in [0.05, 0.1) is 10.3 Å². The van der Waals surface area contributed by atoms with Crippen molar-refractivity contribution in [3.05, 3.63) is 34.4 Å². The van der Waals surface area contributed by atoms with E-state index in [9.17, 15) is 24.5 Å². The number of carbonyl (C=O) groups excluding carboxylic acids is 3. The summed E-state index contributed by atoms with van der Waals surface area (Å²) in [6.45, 7) is 5.85. The fraction of sp³-hybridized carbons (Fsp3) is 0.526. The van der Waals surface area contributed by atoms with Gasteiger partial charge >= 0.3 is 0 Å². The molecule has 2 unspecified atom stereocenters. The molecule has 2 bridgehead atoms. The maximum atomic E-state index is 12.9. The monoisotopic (exact) mass is 373 g/mol. The highest BCUT2D eigenvalue weighted by molar-refractivity contribution is 6.04. The molecule has 1 aromatic rings. The van der Waals surface area contributed by atoms with E-state index in [2.05, 4.69) is 5.32 Å². The van der Waals surface area contributed by atoms with Gasteiger partial charge in [0.2, 0.25) is 17.7 Å². The number of nitrogens with one attached hydrogen (secondary N) is 1. The van der Waals surface area contributed by atoms with E-state index in [1.54, 1.807) is 6.07 Å². The molecule has 8 heteroatoms. The third kappa shape index (κ3) is 2.98. The maximum absolute atomic E-state index is 12.9. The summed E-state index contributed by atoms with van der Waals surface area (Å²) in [4.78, 5) is 49.3. The molecule has 3 rings (SSSR count). The van der Waals surface area contributed by atoms with Gasteiger partial charge in [0.25, 0.3) is 5.69 Å². The van der Waals surface area contributed by atoms with Crippen LogP contribution in [0.2, 0.25) is 0 Å². The molecule has 144 valence electrons. The Kier molecular flexibility index (Phi) is 4.53. The van der Waals surface area contributed by atoms with Gasteiger partial charge in [-0.1, -0.05) is 26.8 Å². The normalized spacial score (nSPS) is 26.2. The van der Waals surface area contributed by atoms with Gasteiger partial charge in [0.1, 0.15) is 0 Å². The third-order valence-electron chi connectivity index (χ3n) is 6.41. The lowest BCUT2D eigenvalue weighted by atomic mass is 9.62. The fourth-order valence-electron chi connectivity index (χ4n) is 4.25. The van der Waals surface area contributed by atoms with Crippen molar-refractivity contribution in [3.8, 4) is 0 Å². The Labute approximate surface area is 157 Å². The highest BCUT2D eigenvalue weighted by Gasteiger charge is 2.64. The molecule has 1 aliphatic heterocycles. The van der Waals surface area contributed by atoms with E-state index in [-0.39, 0.29) is 41.8 Å². The molecular weight excluding hydrogens is 350 g/mol. The number of piperidine rings is 1. The number of fused-ring (bicyclic) bond motifs is 2. The number of amides is 3. The number of nitrogens with zero attached hydrogens (tertiary/aromatic N) is 2. The first-order valence-corrected chi connectivity index (χ1v) is 8.98. The number of hydrogen-bond acceptors (Lipinski definition) is 5. The molecule has 1 saturated heterocycles. The average molecular weight is 373 g/mol. The van der Waals surface area contributed by atoms with Crippen molar-refractivity contribution in [1.82, 2.24) is 4.90 Å². The van der Waals surface area contributed by atoms with Crippen LogP contribution in [-0.4, -0.2) is 34.1 Å². The minimum absolute atomic E-state index is 0.0145. The van der Waals surface area contributed by atoms with Crippen molar-refractivity contribution in [3.63, 3.8) is 0 Å². The first kappa shape index (κ1) is 19.0. The number of benzene rings is 1. The van der Waals surface area contributed by atoms with E-state index < -0.39 is 16.2 Å². The summed E-state index contributed by atoms with van der Waals surface area (Å²) in [6, 6.07) is 5.62. The van der Waals surface area contributed by atoms with Crippen molar-refractivity contribution in [2.45, 2.75) is 40.0 Å². The lowest BCUT2D eigenvalue weighted by molar-refractivity contribution is -0.384. The molecule has 1 aliphatic carbocycles. The summed E-state index contributed by atoms with van der Waals surface area (Å²) in [6.07, 6.45) is 1.31. The third-order valence-corrected chi connectivity index (χ3v) is 6.41. The Balaban J connectivity index is 1.66. The molecule has 1 N–H and O–H groups in total. The summed E-state index contributed by atoms with van der Waals surface area (Å²) < 4.78 is 0. The Morgan fingerprint density at radius 2 is 2.04 bits per heavy atom. The standard InChI is InChI=1S/C19H23N3O5/c1-18(2)14-7-9-19(18,3)17(25)21(16(14)24)10-8-15(23)20-12-5-4-6-13(11-12)22(26)27/h4-6,11,14H,7-10H2,1-3H3,(H,20,23). The molecule has 2 fully saturated rings. The summed E-state index contributed by atoms with van der Waals surface area (Å²) in [5, 5.41) is 13.4. The molecule has 1 saturated carbocycles. The van der Waals surface area contributed by atoms with Crippen molar-refractivity contribution >= 4 is 29.1 Å². The largest absolute Gasteiger partial charge is 0.326 e. The van der Waals surface area contributed by atoms with Crippen molar-refractivity contribution in [1.29, 1.82) is 0 Å². The second-order valence-corrected chi connectivity index (χ2v) is 8.05. The number of carbonyl (C=O) groups is 3. The summed E-state index contributed by atoms with van der Waals surface area (Å²) in [5.41, 5.74) is -0.801. The minimum Gasteiger partial charge on any atom is -0.326 e. The van der Waals surface area contributed by atoms with Crippen LogP contribution in [0.3, 0.4) is 0 Å². The Morgan fingerprint density at radius 1 is 1.33 bits per heavy atom. The van der Waals surface area contributed by atoms with Gasteiger partial charge in [-0.15, -0.1) is 0 Å². The maximum Gasteiger partial charge on any atom is 0.271 e. The topological polar surface area (TPSA) is 110 Å². The average Bonchev–Trinajstić information content (AvgIpc) is 2.79. The fourth-order valence-corrected chi connectivity index (χ4v) is 4.25. The Hall–Kier alpha value is -2.77. The molecule has 8 nitrogen and oxygen atoms in total. The van der Waals surface area contributed by atoms with Crippen LogP contribution in [0.4, 0.5) is 11.4 Å². The zero-order valence-corrected chi connectivity index (χ0v) is 15.7. The molecule has 0 radical (unpaired) electrons. The molecule has 27 heavy (non-hydrogen) atoms. The molecule has 2 atom stereocenters. The van der Waals surface area contributed by atoms with Gasteiger partial charge in [-0.2, -0.15) is 0 Å². The molecule has 2 aliphatic rings. The number of rotatable bonds is 5. The van der Waals surface area contributed by atoms with Crippen LogP contribution in [0.1, 0.15) is 40.0 Å². The van der Waals surface area contributed by atoms with Gasteiger partial charge in [0.15, 0.2) is 0 Å². The second-order valence-electron chi connectivity index (χ2n) is 8.05. The molecule has 1 heterocycles. The van der Waals surface area contributed by atoms with Crippen molar-refractivity contribution < 1.29 is 19.3 Å². The van der Waals surface area contributed by atoms with Crippen LogP contribution in [0.25, 0.3) is 0 Å². The molecular formula is C19H23N3O5. The molecule has 0 aromatic heterocycles. The van der Waals surface area contributed by atoms with Crippen LogP contribution in [0.15, 0.2) is 24.3 Å². The van der Waals surface area contributed by atoms with E-state index >= 15 is 0 Å². The first-order chi connectivity index (χ1) is 12.6. The van der Waals surface area contributed by atoms with Gasteiger partial charge < -0.3 is 5.32 Å². The van der Waals surface area contributed by atoms with Crippen molar-refractivity contribution in [2.24, 2.45) is 16.7 Å². The summed E-state index contributed by atoms with van der Waals surface area (Å²) >= 11 is 0. The van der Waals surface area contributed by atoms with Gasteiger partial charge in [-0.05, 0) is 24.3 Å². The van der Waals surface area contributed by atoms with Gasteiger partial charge in [-0.3, -0.25) is 29.4 Å². The van der Waals surface area contributed by atoms with Crippen LogP contribution in [-0.2, 0) is 14.4 Å². The quantitative estimate of drug-likeness (QED) is 0.485. The van der Waals surface area contributed by atoms with E-state index in [0.29, 0.717) is 18.5 Å². The van der Waals surface area contributed by atoms with Gasteiger partial charge in [-0.25, -0.2) is 0 Å². The molecule has 1 aromatic carbocycles. The number of non-ortho nitro benzene ring substituents is 1. The Morgan fingerprint density at radius 3 is 2.70 bits per heavy atom. The van der Waals surface area contributed by atoms with Gasteiger partial charge in [0, 0.05) is 36.7 Å². The summed E-state index contributed by atoms with van der Waals surface area (Å²) in [5.74, 6) is -1.03. The molecule has 3 amide bonds. The SMILES string of the molecule is CC12CCC(C(=O)N(CCC(=O)Nc3cccc([N+](=O)[O-])c3)C1=O)C2(C)C. The van der Waals surface area contributed by atoms with Crippen LogP contribution >= 0.6 is 0 Å². The van der Waals surface area contributed by atoms with Crippen LogP contribution in [0.5, 0.6) is 0 Å². The highest BCUT2D eigenvalue weighted by atomic mass is 16.6. The second kappa shape index (κ2) is 6.44. The van der Waals surface area contributed by atoms with E-state index in [1.165, 1.54) is 23.1 Å². The predicted molar refractivity (Wildman–Crippen MR) is 97.7 cm³/mol. The number of imide groups is 1. The zero-order chi connectivity index (χ0) is 20.0. The van der Waals surface area contributed by atoms with E-state index in [1.807, 2.05) is 20.8 Å². The number of anilines is 1. The zero-order valence-electron chi connectivity index (χ0n) is 15.7. The van der Waals surface area contributed by atoms with Crippen molar-refractivity contribution in [2.75, 3.05) is 11.9 Å². The minimum atomic E-state index is -0.595. The predicted octanol–water partition coefficient (Wildman–Crippen LogP) is 2.73. The van der Waals surface area contributed by atoms with E-state index in [0.717, 1.165) is 0 Å². The smallest absolute Gasteiger partial charge is 0.271 e. The lowest BCUT2D eigenvalue weighted by Crippen LogP contribution is -2.59. The van der Waals surface area contributed by atoms with E-state index in [4.69, 9.17) is 0 Å². The first-order valence-electron chi connectivity index (χ1n) is 8.98. The number of likely N-dealkylation sites (tertiary alicyclic amines) is 1. The molecule has 0 spiro atoms. The van der Waals surface area contributed by atoms with Crippen LogP contribution in [0, 0.1) is 26.9 Å². The lowest BCUT2D eigenvalue weighted by Gasteiger charge is -2.47. The highest BCUT2D eigenvalue weighted by Crippen LogP contribution is 2.60. The number of nitro groups is 1. The number of hydrogen-bond donors (Lipinski definition) is 1.